The maximum Gasteiger partial charge on any atom is 0.228 e. The van der Waals surface area contributed by atoms with Gasteiger partial charge < -0.3 is 4.74 Å². The van der Waals surface area contributed by atoms with Crippen molar-refractivity contribution in [1.82, 2.24) is 4.57 Å². The minimum absolute atomic E-state index is 0.0487. The lowest BCUT2D eigenvalue weighted by Gasteiger charge is -2.47. The first-order chi connectivity index (χ1) is 12.5. The van der Waals surface area contributed by atoms with Crippen molar-refractivity contribution in [1.29, 1.82) is 0 Å². The Morgan fingerprint density at radius 1 is 1.12 bits per heavy atom. The number of aromatic nitrogens is 1. The summed E-state index contributed by atoms with van der Waals surface area (Å²) in [6.45, 7) is 6.04. The summed E-state index contributed by atoms with van der Waals surface area (Å²) in [7, 11) is 0. The van der Waals surface area contributed by atoms with Crippen molar-refractivity contribution in [3.63, 3.8) is 0 Å². The number of benzene rings is 2. The highest BCUT2D eigenvalue weighted by Gasteiger charge is 2.49. The molecule has 132 valence electrons. The zero-order chi connectivity index (χ0) is 18.1. The van der Waals surface area contributed by atoms with Crippen LogP contribution in [0.1, 0.15) is 54.7 Å². The molecule has 3 aromatic rings. The van der Waals surface area contributed by atoms with Crippen LogP contribution in [0.5, 0.6) is 5.75 Å². The van der Waals surface area contributed by atoms with E-state index in [4.69, 9.17) is 4.74 Å². The lowest BCUT2D eigenvalue weighted by Crippen LogP contribution is -2.47. The van der Waals surface area contributed by atoms with Crippen molar-refractivity contribution in [3.05, 3.63) is 65.4 Å². The van der Waals surface area contributed by atoms with E-state index < -0.39 is 0 Å². The zero-order valence-electron chi connectivity index (χ0n) is 15.5. The smallest absolute Gasteiger partial charge is 0.228 e. The van der Waals surface area contributed by atoms with E-state index in [9.17, 15) is 4.79 Å². The molecule has 0 fully saturated rings. The minimum atomic E-state index is -0.267. The molecule has 0 saturated carbocycles. The number of rotatable bonds is 0. The maximum absolute atomic E-state index is 12.6. The van der Waals surface area contributed by atoms with Crippen molar-refractivity contribution in [2.45, 2.75) is 45.1 Å². The van der Waals surface area contributed by atoms with Crippen LogP contribution in [-0.4, -0.2) is 16.1 Å². The van der Waals surface area contributed by atoms with Gasteiger partial charge in [-0.15, -0.1) is 0 Å². The van der Waals surface area contributed by atoms with Gasteiger partial charge in [0.25, 0.3) is 0 Å². The number of nitrogens with zero attached hydrogens (tertiary/aromatic N) is 1. The quantitative estimate of drug-likeness (QED) is 0.563. The third kappa shape index (κ3) is 1.97. The van der Waals surface area contributed by atoms with E-state index in [1.807, 2.05) is 22.8 Å². The van der Waals surface area contributed by atoms with Crippen LogP contribution in [0.3, 0.4) is 0 Å². The summed E-state index contributed by atoms with van der Waals surface area (Å²) >= 11 is 0. The van der Waals surface area contributed by atoms with Crippen molar-refractivity contribution in [3.8, 4) is 5.75 Å². The number of carbonyl (C=O) groups excluding carboxylic acids is 1. The second-order valence-electron chi connectivity index (χ2n) is 8.11. The fourth-order valence-electron chi connectivity index (χ4n) is 5.14. The number of aryl methyl sites for hydroxylation is 1. The van der Waals surface area contributed by atoms with Crippen LogP contribution in [0.25, 0.3) is 10.9 Å². The van der Waals surface area contributed by atoms with Gasteiger partial charge >= 0.3 is 0 Å². The SMILES string of the molecule is CC(=O)n1c2c(c3ccccc31)OC(C)(C)[C@@H]1CCc3ccccc3[C@H]21. The monoisotopic (exact) mass is 345 g/mol. The first kappa shape index (κ1) is 15.7. The average Bonchev–Trinajstić information content (AvgIpc) is 2.95. The summed E-state index contributed by atoms with van der Waals surface area (Å²) < 4.78 is 8.46. The molecule has 0 N–H and O–H groups in total. The number of hydrogen-bond donors (Lipinski definition) is 0. The van der Waals surface area contributed by atoms with Crippen molar-refractivity contribution in [2.75, 3.05) is 0 Å². The molecule has 0 saturated heterocycles. The number of hydrogen-bond acceptors (Lipinski definition) is 2. The van der Waals surface area contributed by atoms with Crippen LogP contribution < -0.4 is 4.74 Å². The Kier molecular flexibility index (Phi) is 3.15. The Bertz CT molecular complexity index is 1040. The molecule has 0 radical (unpaired) electrons. The molecule has 1 aromatic heterocycles. The summed E-state index contributed by atoms with van der Waals surface area (Å²) in [6.07, 6.45) is 2.15. The molecule has 3 heteroatoms. The first-order valence-corrected chi connectivity index (χ1v) is 9.40. The van der Waals surface area contributed by atoms with Gasteiger partial charge in [0.15, 0.2) is 0 Å². The Labute approximate surface area is 153 Å². The second-order valence-corrected chi connectivity index (χ2v) is 8.11. The number of fused-ring (bicyclic) bond motifs is 7. The van der Waals surface area contributed by atoms with E-state index in [-0.39, 0.29) is 17.4 Å². The van der Waals surface area contributed by atoms with E-state index in [0.717, 1.165) is 35.2 Å². The topological polar surface area (TPSA) is 31.2 Å². The lowest BCUT2D eigenvalue weighted by molar-refractivity contribution is 0.00927. The molecule has 0 amide bonds. The highest BCUT2D eigenvalue weighted by molar-refractivity contribution is 5.98. The van der Waals surface area contributed by atoms with Gasteiger partial charge in [-0.3, -0.25) is 9.36 Å². The number of para-hydroxylation sites is 1. The molecule has 1 aliphatic heterocycles. The van der Waals surface area contributed by atoms with Crippen LogP contribution in [0.2, 0.25) is 0 Å². The van der Waals surface area contributed by atoms with Gasteiger partial charge in [-0.2, -0.15) is 0 Å². The van der Waals surface area contributed by atoms with Crippen LogP contribution in [0, 0.1) is 5.92 Å². The summed E-state index contributed by atoms with van der Waals surface area (Å²) in [6, 6.07) is 16.8. The molecular weight excluding hydrogens is 322 g/mol. The van der Waals surface area contributed by atoms with Gasteiger partial charge in [0.2, 0.25) is 5.91 Å². The molecule has 0 bridgehead atoms. The summed E-state index contributed by atoms with van der Waals surface area (Å²) in [4.78, 5) is 12.6. The number of carbonyl (C=O) groups is 1. The molecular formula is C23H23NO2. The van der Waals surface area contributed by atoms with Gasteiger partial charge in [-0.05, 0) is 49.9 Å². The molecule has 2 aliphatic rings. The minimum Gasteiger partial charge on any atom is -0.485 e. The van der Waals surface area contributed by atoms with Gasteiger partial charge in [0.05, 0.1) is 11.2 Å². The highest BCUT2D eigenvalue weighted by Crippen LogP contribution is 2.55. The summed E-state index contributed by atoms with van der Waals surface area (Å²) in [5.41, 5.74) is 4.47. The normalized spacial score (nSPS) is 22.9. The highest BCUT2D eigenvalue weighted by atomic mass is 16.5. The van der Waals surface area contributed by atoms with Crippen molar-refractivity contribution < 1.29 is 9.53 Å². The lowest BCUT2D eigenvalue weighted by atomic mass is 9.66. The molecule has 2 aromatic carbocycles. The Morgan fingerprint density at radius 2 is 1.85 bits per heavy atom. The van der Waals surface area contributed by atoms with Crippen molar-refractivity contribution >= 4 is 16.8 Å². The Balaban J connectivity index is 1.90. The largest absolute Gasteiger partial charge is 0.485 e. The fourth-order valence-corrected chi connectivity index (χ4v) is 5.14. The Hall–Kier alpha value is -2.55. The molecule has 0 spiro atoms. The maximum atomic E-state index is 12.6. The summed E-state index contributed by atoms with van der Waals surface area (Å²) in [5, 5.41) is 1.03. The van der Waals surface area contributed by atoms with Gasteiger partial charge in [0, 0.05) is 24.1 Å². The van der Waals surface area contributed by atoms with Crippen LogP contribution in [-0.2, 0) is 6.42 Å². The van der Waals surface area contributed by atoms with E-state index in [1.165, 1.54) is 11.1 Å². The third-order valence-electron chi connectivity index (χ3n) is 6.25. The standard InChI is InChI=1S/C23H23NO2/c1-14(25)24-19-11-7-6-10-17(19)22-21(24)20-16-9-5-4-8-15(16)12-13-18(20)23(2,3)26-22/h4-11,18,20H,12-13H2,1-3H3/t18-,20+/m1/s1. The van der Waals surface area contributed by atoms with E-state index >= 15 is 0 Å². The molecule has 1 aliphatic carbocycles. The van der Waals surface area contributed by atoms with Gasteiger partial charge in [-0.1, -0.05) is 36.4 Å². The number of ether oxygens (including phenoxy) is 1. The van der Waals surface area contributed by atoms with Crippen LogP contribution in [0.4, 0.5) is 0 Å². The second kappa shape index (κ2) is 5.23. The first-order valence-electron chi connectivity index (χ1n) is 9.40. The Morgan fingerprint density at radius 3 is 2.65 bits per heavy atom. The van der Waals surface area contributed by atoms with E-state index in [2.05, 4.69) is 44.2 Å². The van der Waals surface area contributed by atoms with E-state index in [0.29, 0.717) is 5.92 Å². The van der Waals surface area contributed by atoms with Crippen molar-refractivity contribution in [2.24, 2.45) is 5.92 Å². The molecule has 2 heterocycles. The van der Waals surface area contributed by atoms with Crippen LogP contribution in [0.15, 0.2) is 48.5 Å². The molecule has 26 heavy (non-hydrogen) atoms. The molecule has 0 unspecified atom stereocenters. The van der Waals surface area contributed by atoms with Gasteiger partial charge in [0.1, 0.15) is 11.4 Å². The fraction of sp³-hybridized carbons (Fsp3) is 0.348. The van der Waals surface area contributed by atoms with E-state index in [1.54, 1.807) is 6.92 Å². The molecule has 2 atom stereocenters. The molecule has 3 nitrogen and oxygen atoms in total. The predicted octanol–water partition coefficient (Wildman–Crippen LogP) is 5.17. The third-order valence-corrected chi connectivity index (χ3v) is 6.25. The summed E-state index contributed by atoms with van der Waals surface area (Å²) in [5.74, 6) is 1.48. The predicted molar refractivity (Wildman–Crippen MR) is 103 cm³/mol. The van der Waals surface area contributed by atoms with Crippen LogP contribution >= 0.6 is 0 Å². The van der Waals surface area contributed by atoms with Gasteiger partial charge in [-0.25, -0.2) is 0 Å². The average molecular weight is 345 g/mol. The molecule has 5 rings (SSSR count). The zero-order valence-corrected chi connectivity index (χ0v) is 15.5.